The first-order valence-corrected chi connectivity index (χ1v) is 8.98. The van der Waals surface area contributed by atoms with Crippen molar-refractivity contribution >= 4 is 5.91 Å². The van der Waals surface area contributed by atoms with Crippen molar-refractivity contribution in [2.45, 2.75) is 25.6 Å². The molecular weight excluding hydrogens is 355 g/mol. The van der Waals surface area contributed by atoms with E-state index in [1.807, 2.05) is 35.2 Å². The number of benzene rings is 1. The maximum Gasteiger partial charge on any atom is 0.433 e. The van der Waals surface area contributed by atoms with Crippen molar-refractivity contribution in [2.24, 2.45) is 0 Å². The zero-order chi connectivity index (χ0) is 19.3. The predicted octanol–water partition coefficient (Wildman–Crippen LogP) is 3.38. The quantitative estimate of drug-likeness (QED) is 0.802. The van der Waals surface area contributed by atoms with Gasteiger partial charge in [-0.1, -0.05) is 36.4 Å². The van der Waals surface area contributed by atoms with Gasteiger partial charge in [0.2, 0.25) is 5.91 Å². The van der Waals surface area contributed by atoms with Gasteiger partial charge in [0.25, 0.3) is 0 Å². The van der Waals surface area contributed by atoms with Crippen molar-refractivity contribution in [1.29, 1.82) is 0 Å². The van der Waals surface area contributed by atoms with E-state index < -0.39 is 11.9 Å². The van der Waals surface area contributed by atoms with Crippen molar-refractivity contribution in [2.75, 3.05) is 26.2 Å². The predicted molar refractivity (Wildman–Crippen MR) is 95.9 cm³/mol. The molecule has 1 fully saturated rings. The molecule has 0 N–H and O–H groups in total. The summed E-state index contributed by atoms with van der Waals surface area (Å²) in [5, 5.41) is 0. The van der Waals surface area contributed by atoms with E-state index in [-0.39, 0.29) is 5.91 Å². The van der Waals surface area contributed by atoms with E-state index in [1.54, 1.807) is 0 Å². The molecule has 3 rings (SSSR count). The Kier molecular flexibility index (Phi) is 6.11. The minimum atomic E-state index is -4.42. The van der Waals surface area contributed by atoms with E-state index in [2.05, 4.69) is 9.88 Å². The van der Waals surface area contributed by atoms with Crippen LogP contribution in [0.4, 0.5) is 13.2 Å². The number of pyridine rings is 1. The van der Waals surface area contributed by atoms with Crippen LogP contribution in [0.3, 0.4) is 0 Å². The van der Waals surface area contributed by atoms with Gasteiger partial charge in [-0.3, -0.25) is 14.7 Å². The summed E-state index contributed by atoms with van der Waals surface area (Å²) in [5.41, 5.74) is 1.03. The third kappa shape index (κ3) is 5.53. The maximum absolute atomic E-state index is 12.6. The van der Waals surface area contributed by atoms with Crippen molar-refractivity contribution in [3.63, 3.8) is 0 Å². The molecule has 7 heteroatoms. The van der Waals surface area contributed by atoms with Crippen LogP contribution in [0.1, 0.15) is 23.2 Å². The maximum atomic E-state index is 12.6. The lowest BCUT2D eigenvalue weighted by atomic mass is 10.1. The molecule has 0 spiro atoms. The highest BCUT2D eigenvalue weighted by Crippen LogP contribution is 2.27. The molecule has 1 amide bonds. The number of alkyl halides is 3. The SMILES string of the molecule is O=C1CCN(Cc2ccc(C(F)(F)F)nc2)CCN1CCc1ccccc1. The molecule has 144 valence electrons. The highest BCUT2D eigenvalue weighted by atomic mass is 19.4. The fourth-order valence-corrected chi connectivity index (χ4v) is 3.16. The number of hydrogen-bond donors (Lipinski definition) is 0. The van der Waals surface area contributed by atoms with Crippen LogP contribution in [0.2, 0.25) is 0 Å². The summed E-state index contributed by atoms with van der Waals surface area (Å²) in [6.45, 7) is 3.09. The Labute approximate surface area is 156 Å². The summed E-state index contributed by atoms with van der Waals surface area (Å²) in [6, 6.07) is 12.5. The molecular formula is C20H22F3N3O. The van der Waals surface area contributed by atoms with Crippen LogP contribution in [-0.4, -0.2) is 46.9 Å². The monoisotopic (exact) mass is 377 g/mol. The second-order valence-corrected chi connectivity index (χ2v) is 6.69. The zero-order valence-corrected chi connectivity index (χ0v) is 15.0. The van der Waals surface area contributed by atoms with Crippen molar-refractivity contribution in [3.05, 3.63) is 65.5 Å². The van der Waals surface area contributed by atoms with Crippen LogP contribution >= 0.6 is 0 Å². The first kappa shape index (κ1) is 19.4. The van der Waals surface area contributed by atoms with Gasteiger partial charge in [0.05, 0.1) is 0 Å². The first-order chi connectivity index (χ1) is 12.9. The summed E-state index contributed by atoms with van der Waals surface area (Å²) in [4.78, 5) is 19.8. The lowest BCUT2D eigenvalue weighted by molar-refractivity contribution is -0.141. The van der Waals surface area contributed by atoms with Gasteiger partial charge in [0, 0.05) is 45.3 Å². The lowest BCUT2D eigenvalue weighted by Gasteiger charge is -2.22. The Bertz CT molecular complexity index is 747. The Morgan fingerprint density at radius 1 is 0.963 bits per heavy atom. The largest absolute Gasteiger partial charge is 0.433 e. The second kappa shape index (κ2) is 8.52. The number of amides is 1. The molecule has 2 aromatic rings. The van der Waals surface area contributed by atoms with Crippen LogP contribution in [0.25, 0.3) is 0 Å². The molecule has 0 atom stereocenters. The molecule has 2 heterocycles. The standard InChI is InChI=1S/C20H22F3N3O/c21-20(22,23)18-7-6-17(14-24-18)15-25-10-9-19(27)26(13-12-25)11-8-16-4-2-1-3-5-16/h1-7,14H,8-13,15H2. The van der Waals surface area contributed by atoms with E-state index in [1.165, 1.54) is 17.8 Å². The first-order valence-electron chi connectivity index (χ1n) is 8.98. The van der Waals surface area contributed by atoms with Gasteiger partial charge in [-0.05, 0) is 23.6 Å². The third-order valence-corrected chi connectivity index (χ3v) is 4.72. The van der Waals surface area contributed by atoms with E-state index >= 15 is 0 Å². The molecule has 1 aliphatic rings. The second-order valence-electron chi connectivity index (χ2n) is 6.69. The van der Waals surface area contributed by atoms with Gasteiger partial charge >= 0.3 is 6.18 Å². The number of aromatic nitrogens is 1. The molecule has 1 aliphatic heterocycles. The van der Waals surface area contributed by atoms with Gasteiger partial charge in [-0.2, -0.15) is 13.2 Å². The highest BCUT2D eigenvalue weighted by Gasteiger charge is 2.32. The average Bonchev–Trinajstić information content (AvgIpc) is 2.82. The number of carbonyl (C=O) groups is 1. The fraction of sp³-hybridized carbons (Fsp3) is 0.400. The van der Waals surface area contributed by atoms with Gasteiger partial charge in [-0.25, -0.2) is 0 Å². The van der Waals surface area contributed by atoms with E-state index in [0.717, 1.165) is 12.5 Å². The number of rotatable bonds is 5. The summed E-state index contributed by atoms with van der Waals surface area (Å²) in [6.07, 6.45) is -1.92. The minimum Gasteiger partial charge on any atom is -0.341 e. The van der Waals surface area contributed by atoms with Crippen molar-refractivity contribution in [1.82, 2.24) is 14.8 Å². The van der Waals surface area contributed by atoms with Crippen LogP contribution in [0, 0.1) is 0 Å². The van der Waals surface area contributed by atoms with Crippen LogP contribution in [-0.2, 0) is 23.9 Å². The molecule has 1 saturated heterocycles. The van der Waals surface area contributed by atoms with Crippen LogP contribution in [0.15, 0.2) is 48.7 Å². The number of hydrogen-bond acceptors (Lipinski definition) is 3. The number of carbonyl (C=O) groups excluding carboxylic acids is 1. The van der Waals surface area contributed by atoms with E-state index in [0.29, 0.717) is 44.7 Å². The van der Waals surface area contributed by atoms with Gasteiger partial charge in [-0.15, -0.1) is 0 Å². The molecule has 0 radical (unpaired) electrons. The summed E-state index contributed by atoms with van der Waals surface area (Å²) in [5.74, 6) is 0.124. The number of nitrogens with zero attached hydrogens (tertiary/aromatic N) is 3. The summed E-state index contributed by atoms with van der Waals surface area (Å²) >= 11 is 0. The Balaban J connectivity index is 1.53. The van der Waals surface area contributed by atoms with E-state index in [4.69, 9.17) is 0 Å². The molecule has 0 unspecified atom stereocenters. The molecule has 27 heavy (non-hydrogen) atoms. The van der Waals surface area contributed by atoms with Gasteiger partial charge in [0.1, 0.15) is 5.69 Å². The van der Waals surface area contributed by atoms with Gasteiger partial charge in [0.15, 0.2) is 0 Å². The third-order valence-electron chi connectivity index (χ3n) is 4.72. The smallest absolute Gasteiger partial charge is 0.341 e. The summed E-state index contributed by atoms with van der Waals surface area (Å²) < 4.78 is 37.8. The van der Waals surface area contributed by atoms with Crippen LogP contribution < -0.4 is 0 Å². The number of halogens is 3. The Morgan fingerprint density at radius 3 is 2.41 bits per heavy atom. The normalized spacial score (nSPS) is 16.4. The zero-order valence-electron chi connectivity index (χ0n) is 15.0. The minimum absolute atomic E-state index is 0.124. The molecule has 4 nitrogen and oxygen atoms in total. The topological polar surface area (TPSA) is 36.4 Å². The van der Waals surface area contributed by atoms with Crippen molar-refractivity contribution < 1.29 is 18.0 Å². The Morgan fingerprint density at radius 2 is 1.74 bits per heavy atom. The molecule has 1 aromatic heterocycles. The van der Waals surface area contributed by atoms with Crippen LogP contribution in [0.5, 0.6) is 0 Å². The Hall–Kier alpha value is -2.41. The lowest BCUT2D eigenvalue weighted by Crippen LogP contribution is -2.34. The molecule has 0 bridgehead atoms. The van der Waals surface area contributed by atoms with Crippen molar-refractivity contribution in [3.8, 4) is 0 Å². The van der Waals surface area contributed by atoms with Gasteiger partial charge < -0.3 is 4.90 Å². The highest BCUT2D eigenvalue weighted by molar-refractivity contribution is 5.76. The summed E-state index contributed by atoms with van der Waals surface area (Å²) in [7, 11) is 0. The molecule has 0 aliphatic carbocycles. The molecule has 1 aromatic carbocycles. The fourth-order valence-electron chi connectivity index (χ4n) is 3.16. The molecule has 0 saturated carbocycles. The average molecular weight is 377 g/mol. The van der Waals surface area contributed by atoms with E-state index in [9.17, 15) is 18.0 Å².